The fraction of sp³-hybridized carbons (Fsp3) is 0.148. The van der Waals surface area contributed by atoms with E-state index in [4.69, 9.17) is 9.15 Å². The van der Waals surface area contributed by atoms with Crippen LogP contribution >= 0.6 is 0 Å². The highest BCUT2D eigenvalue weighted by Gasteiger charge is 2.26. The van der Waals surface area contributed by atoms with Gasteiger partial charge in [0.25, 0.3) is 29.5 Å². The number of fused-ring (bicyclic) bond motifs is 5. The van der Waals surface area contributed by atoms with Crippen LogP contribution in [0.4, 0.5) is 22.0 Å². The van der Waals surface area contributed by atoms with Crippen LogP contribution in [0.25, 0.3) is 111 Å². The van der Waals surface area contributed by atoms with Gasteiger partial charge in [-0.15, -0.1) is 0 Å². The van der Waals surface area contributed by atoms with E-state index in [1.807, 2.05) is 18.2 Å². The van der Waals surface area contributed by atoms with Crippen molar-refractivity contribution in [3.8, 4) is 56.3 Å². The van der Waals surface area contributed by atoms with E-state index in [0.717, 1.165) is 38.0 Å². The van der Waals surface area contributed by atoms with Gasteiger partial charge in [-0.25, -0.2) is 46.9 Å². The van der Waals surface area contributed by atoms with Crippen LogP contribution in [-0.4, -0.2) is 155 Å². The van der Waals surface area contributed by atoms with Crippen LogP contribution in [-0.2, 0) is 22.6 Å². The molecule has 0 radical (unpaired) electrons. The quantitative estimate of drug-likeness (QED) is 0.0249. The van der Waals surface area contributed by atoms with E-state index in [1.54, 1.807) is 146 Å². The maximum atomic E-state index is 13.5. The summed E-state index contributed by atoms with van der Waals surface area (Å²) in [5, 5.41) is 51.8. The van der Waals surface area contributed by atoms with E-state index >= 15 is 0 Å². The van der Waals surface area contributed by atoms with E-state index in [-0.39, 0.29) is 100 Å². The molecule has 30 nitrogen and oxygen atoms in total. The summed E-state index contributed by atoms with van der Waals surface area (Å²) in [5.74, 6) is -2.74. The van der Waals surface area contributed by atoms with Crippen LogP contribution < -0.4 is 31.9 Å². The van der Waals surface area contributed by atoms with Crippen LogP contribution in [0.15, 0.2) is 229 Å². The Morgan fingerprint density at radius 1 is 0.382 bits per heavy atom. The predicted molar refractivity (Wildman–Crippen MR) is 445 cm³/mol. The second kappa shape index (κ2) is 38.2. The molecular weight excluding hydrogens is 1590 g/mol. The number of aromatic nitrogens is 16. The minimum Gasteiger partial charge on any atom is -0.467 e. The summed E-state index contributed by atoms with van der Waals surface area (Å²) in [6.45, 7) is 3.83. The van der Waals surface area contributed by atoms with Gasteiger partial charge >= 0.3 is 0 Å². The normalized spacial score (nSPS) is 12.7. The Morgan fingerprint density at radius 2 is 0.748 bits per heavy atom. The van der Waals surface area contributed by atoms with Crippen molar-refractivity contribution in [3.05, 3.63) is 294 Å². The third-order valence-corrected chi connectivity index (χ3v) is 19.1. The maximum absolute atomic E-state index is 13.5. The number of hydrogen-bond acceptors (Lipinski definition) is 19. The number of furan rings is 1. The Labute approximate surface area is 694 Å². The highest BCUT2D eigenvalue weighted by molar-refractivity contribution is 6.01. The molecular formula is C88H73F5N22O8. The number of aromatic amines is 5. The molecule has 123 heavy (non-hydrogen) atoms. The number of amides is 6. The van der Waals surface area contributed by atoms with Gasteiger partial charge in [-0.3, -0.25) is 59.2 Å². The van der Waals surface area contributed by atoms with Gasteiger partial charge in [0.05, 0.1) is 58.7 Å². The van der Waals surface area contributed by atoms with Crippen molar-refractivity contribution in [2.45, 2.75) is 57.8 Å². The summed E-state index contributed by atoms with van der Waals surface area (Å²) < 4.78 is 78.0. The number of ether oxygens (including phenoxy) is 1. The Balaban J connectivity index is 0.000000119. The highest BCUT2D eigenvalue weighted by Crippen LogP contribution is 2.32. The number of nitrogens with zero attached hydrogens (tertiary/aromatic N) is 11. The first-order valence-corrected chi connectivity index (χ1v) is 38.6. The Kier molecular flexibility index (Phi) is 25.5. The monoisotopic (exact) mass is 1660 g/mol. The van der Waals surface area contributed by atoms with Gasteiger partial charge in [-0.2, -0.15) is 25.5 Å². The van der Waals surface area contributed by atoms with Crippen molar-refractivity contribution in [3.63, 3.8) is 0 Å². The lowest BCUT2D eigenvalue weighted by Gasteiger charge is -2.10. The smallest absolute Gasteiger partial charge is 0.270 e. The standard InChI is InChI=1S/C19H14FN5O.C18H17FN4O2.C18H13FN4O2.C17H16FN5O2.C16H13FN4O/c20-13-5-3-4-12(10-13)17-18-15(24-25-17)7-8-16(23-18)19(26)22-11-14-6-1-2-9-21-14;2*19-12-4-1-3-11(9-12)16-17-14(22-23-16)6-7-15(21-17)18(24)20-10-13-5-2-8-25-13;1-10(24)19-7-8-20-17(25)14-6-5-13-16(21-14)15(23-22-13)11-3-2-4-12(18)9-11;17-10-3-1-2-9(8-10)14-15-12(20-21-14)6-7-13(19-15)16(22)18-11-4-5-11/h1-10H,11H2,(H,22,26)(H,24,25);1,3-4,6-7,9,13H,2,5,8,10H2,(H,20,24)(H,22,23);1-9H,10H2,(H,20,24)(H,22,23);2-6,9H,7-8H2,1H3,(H,19,24)(H,20,25)(H,22,23);1-3,6-8,11H,4-5H2,(H,18,22)(H,20,21). The number of H-pyrrole nitrogens is 5. The van der Waals surface area contributed by atoms with Gasteiger partial charge < -0.3 is 41.1 Å². The molecule has 6 amide bonds. The Bertz CT molecular complexity index is 6690. The van der Waals surface area contributed by atoms with E-state index in [2.05, 4.69) is 113 Å². The predicted octanol–water partition coefficient (Wildman–Crippen LogP) is 13.3. The number of benzene rings is 5. The summed E-state index contributed by atoms with van der Waals surface area (Å²) in [5.41, 5.74) is 13.6. The minimum atomic E-state index is -0.375. The molecule has 1 saturated heterocycles. The zero-order valence-corrected chi connectivity index (χ0v) is 65.2. The fourth-order valence-corrected chi connectivity index (χ4v) is 12.8. The number of pyridine rings is 6. The zero-order valence-electron chi connectivity index (χ0n) is 65.2. The molecule has 1 aliphatic carbocycles. The van der Waals surface area contributed by atoms with Gasteiger partial charge in [0, 0.05) is 73.2 Å². The fourth-order valence-electron chi connectivity index (χ4n) is 12.8. The topological polar surface area (TPSA) is 418 Å². The molecule has 618 valence electrons. The number of rotatable bonds is 20. The lowest BCUT2D eigenvalue weighted by Crippen LogP contribution is -2.33. The van der Waals surface area contributed by atoms with Crippen molar-refractivity contribution in [2.75, 3.05) is 26.2 Å². The molecule has 17 aromatic rings. The second-order valence-corrected chi connectivity index (χ2v) is 28.0. The summed E-state index contributed by atoms with van der Waals surface area (Å²) in [6.07, 6.45) is 7.31. The zero-order chi connectivity index (χ0) is 85.3. The van der Waals surface area contributed by atoms with Crippen LogP contribution in [0.5, 0.6) is 0 Å². The molecule has 13 heterocycles. The molecule has 1 aliphatic heterocycles. The van der Waals surface area contributed by atoms with Gasteiger partial charge in [-0.05, 0) is 171 Å². The molecule has 5 aromatic carbocycles. The van der Waals surface area contributed by atoms with Gasteiger partial charge in [0.1, 0.15) is 119 Å². The molecule has 0 bridgehead atoms. The first-order valence-electron chi connectivity index (χ1n) is 38.6. The van der Waals surface area contributed by atoms with E-state index < -0.39 is 0 Å². The summed E-state index contributed by atoms with van der Waals surface area (Å²) in [6, 6.07) is 56.5. The first kappa shape index (κ1) is 82.2. The number of nitrogens with one attached hydrogen (secondary N) is 11. The third-order valence-electron chi connectivity index (χ3n) is 19.1. The molecule has 11 N–H and O–H groups in total. The van der Waals surface area contributed by atoms with Crippen LogP contribution in [0.2, 0.25) is 0 Å². The Hall–Kier alpha value is -15.9. The van der Waals surface area contributed by atoms with Crippen molar-refractivity contribution in [1.82, 2.24) is 113 Å². The number of halogens is 5. The van der Waals surface area contributed by atoms with Crippen LogP contribution in [0, 0.1) is 29.1 Å². The van der Waals surface area contributed by atoms with Gasteiger partial charge in [0.2, 0.25) is 5.91 Å². The lowest BCUT2D eigenvalue weighted by atomic mass is 10.1. The highest BCUT2D eigenvalue weighted by atomic mass is 19.1. The summed E-state index contributed by atoms with van der Waals surface area (Å²) >= 11 is 0. The van der Waals surface area contributed by atoms with Crippen LogP contribution in [0.1, 0.15) is 96.5 Å². The van der Waals surface area contributed by atoms with Crippen LogP contribution in [0.3, 0.4) is 0 Å². The van der Waals surface area contributed by atoms with Crippen molar-refractivity contribution in [1.29, 1.82) is 0 Å². The number of hydrogen-bond donors (Lipinski definition) is 11. The van der Waals surface area contributed by atoms with E-state index in [1.165, 1.54) is 67.6 Å². The first-order chi connectivity index (χ1) is 59.9. The molecule has 1 unspecified atom stereocenters. The Morgan fingerprint density at radius 3 is 1.08 bits per heavy atom. The van der Waals surface area contributed by atoms with Gasteiger partial charge in [0.15, 0.2) is 0 Å². The molecule has 1 atom stereocenters. The summed E-state index contributed by atoms with van der Waals surface area (Å²) in [4.78, 5) is 98.2. The third kappa shape index (κ3) is 20.8. The average Bonchev–Trinajstić information content (AvgIpc) is 1.69. The lowest BCUT2D eigenvalue weighted by molar-refractivity contribution is -0.118. The van der Waals surface area contributed by atoms with Gasteiger partial charge in [-0.1, -0.05) is 66.7 Å². The number of carbonyl (C=O) groups excluding carboxylic acids is 6. The van der Waals surface area contributed by atoms with Crippen molar-refractivity contribution in [2.24, 2.45) is 0 Å². The molecule has 2 fully saturated rings. The molecule has 0 spiro atoms. The summed E-state index contributed by atoms with van der Waals surface area (Å²) in [7, 11) is 0. The maximum Gasteiger partial charge on any atom is 0.270 e. The largest absolute Gasteiger partial charge is 0.467 e. The second-order valence-electron chi connectivity index (χ2n) is 28.0. The van der Waals surface area contributed by atoms with Crippen molar-refractivity contribution < 1.29 is 59.9 Å². The molecule has 35 heteroatoms. The molecule has 1 saturated carbocycles. The number of carbonyl (C=O) groups is 6. The molecule has 19 rings (SSSR count). The van der Waals surface area contributed by atoms with E-state index in [0.29, 0.717) is 155 Å². The molecule has 2 aliphatic rings. The van der Waals surface area contributed by atoms with E-state index in [9.17, 15) is 50.7 Å². The minimum absolute atomic E-state index is 0.0736. The molecule has 12 aromatic heterocycles. The SMILES string of the molecule is CC(=O)NCCNC(=O)c1ccc2[nH]nc(-c3cccc(F)c3)c2n1.O=C(NC1CC1)c1ccc2[nH]nc(-c3cccc(F)c3)c2n1.O=C(NCC1CCCO1)c1ccc2[nH]nc(-c3cccc(F)c3)c2n1.O=C(NCc1ccccn1)c1ccc2[nH]nc(-c3cccc(F)c3)c2n1.O=C(NCc1ccco1)c1ccc2[nH]nc(-c3cccc(F)c3)c2n1. The average molecular weight is 1660 g/mol. The van der Waals surface area contributed by atoms with Crippen molar-refractivity contribution >= 4 is 90.6 Å².